The van der Waals surface area contributed by atoms with Gasteiger partial charge in [-0.3, -0.25) is 10.1 Å². The van der Waals surface area contributed by atoms with E-state index < -0.39 is 14.9 Å². The lowest BCUT2D eigenvalue weighted by Gasteiger charge is -2.34. The summed E-state index contributed by atoms with van der Waals surface area (Å²) in [5.41, 5.74) is 0.398. The Morgan fingerprint density at radius 1 is 1.29 bits per heavy atom. The first kappa shape index (κ1) is 19.2. The molecule has 0 radical (unpaired) electrons. The maximum Gasteiger partial charge on any atom is 0.272 e. The lowest BCUT2D eigenvalue weighted by Crippen LogP contribution is -2.45. The lowest BCUT2D eigenvalue weighted by molar-refractivity contribution is -0.384. The van der Waals surface area contributed by atoms with Gasteiger partial charge in [0, 0.05) is 31.3 Å². The Morgan fingerprint density at radius 2 is 1.83 bits per heavy atom. The average molecular weight is 396 g/mol. The van der Waals surface area contributed by atoms with E-state index in [0.29, 0.717) is 38.0 Å². The predicted molar refractivity (Wildman–Crippen MR) is 95.6 cm³/mol. The number of piperidine rings is 1. The fourth-order valence-electron chi connectivity index (χ4n) is 2.76. The van der Waals surface area contributed by atoms with E-state index in [9.17, 15) is 18.5 Å². The van der Waals surface area contributed by atoms with Gasteiger partial charge in [-0.15, -0.1) is 0 Å². The van der Waals surface area contributed by atoms with Gasteiger partial charge < -0.3 is 4.90 Å². The molecule has 0 saturated carbocycles. The molecule has 1 fully saturated rings. The summed E-state index contributed by atoms with van der Waals surface area (Å²) < 4.78 is 26.4. The number of halogens is 2. The van der Waals surface area contributed by atoms with E-state index in [-0.39, 0.29) is 27.5 Å². The molecule has 0 aliphatic carbocycles. The Labute approximate surface area is 151 Å². The highest BCUT2D eigenvalue weighted by atomic mass is 35.5. The topological polar surface area (TPSA) is 92.6 Å². The Balaban J connectivity index is 2.06. The maximum atomic E-state index is 11.8. The van der Waals surface area contributed by atoms with Crippen LogP contribution in [0.5, 0.6) is 0 Å². The summed E-state index contributed by atoms with van der Waals surface area (Å²) in [6.45, 7) is 2.95. The summed E-state index contributed by atoms with van der Waals surface area (Å²) in [5.74, 6) is 0.118. The number of nitrogens with one attached hydrogen (secondary N) is 1. The van der Waals surface area contributed by atoms with Gasteiger partial charge in [0.25, 0.3) is 5.69 Å². The molecule has 1 heterocycles. The third kappa shape index (κ3) is 4.72. The van der Waals surface area contributed by atoms with Gasteiger partial charge in [-0.05, 0) is 19.3 Å². The number of nitro benzene ring substituents is 1. The van der Waals surface area contributed by atoms with E-state index in [4.69, 9.17) is 23.2 Å². The van der Waals surface area contributed by atoms with Crippen LogP contribution in [0.1, 0.15) is 26.2 Å². The van der Waals surface area contributed by atoms with E-state index >= 15 is 0 Å². The molecule has 1 saturated heterocycles. The summed E-state index contributed by atoms with van der Waals surface area (Å²) >= 11 is 12.3. The zero-order valence-electron chi connectivity index (χ0n) is 13.2. The molecule has 0 spiro atoms. The van der Waals surface area contributed by atoms with Gasteiger partial charge in [-0.2, -0.15) is 0 Å². The summed E-state index contributed by atoms with van der Waals surface area (Å²) in [6.07, 6.45) is 1.81. The van der Waals surface area contributed by atoms with E-state index in [1.54, 1.807) is 0 Å². The number of sulfonamides is 1. The first-order chi connectivity index (χ1) is 11.2. The van der Waals surface area contributed by atoms with E-state index in [1.807, 2.05) is 11.8 Å². The summed E-state index contributed by atoms with van der Waals surface area (Å²) in [4.78, 5) is 12.2. The normalized spacial score (nSPS) is 16.4. The van der Waals surface area contributed by atoms with Crippen LogP contribution in [0.4, 0.5) is 11.4 Å². The molecular weight excluding hydrogens is 377 g/mol. The molecule has 0 atom stereocenters. The van der Waals surface area contributed by atoms with Gasteiger partial charge in [0.2, 0.25) is 10.0 Å². The number of anilines is 1. The highest BCUT2D eigenvalue weighted by molar-refractivity contribution is 7.89. The van der Waals surface area contributed by atoms with Crippen LogP contribution >= 0.6 is 23.2 Å². The molecule has 10 heteroatoms. The Hall–Kier alpha value is -1.09. The number of non-ortho nitro benzene ring substituents is 1. The number of hydrogen-bond donors (Lipinski definition) is 1. The zero-order chi connectivity index (χ0) is 17.9. The van der Waals surface area contributed by atoms with Crippen molar-refractivity contribution in [3.05, 3.63) is 32.3 Å². The molecule has 1 aliphatic rings. The number of hydrogen-bond acceptors (Lipinski definition) is 5. The first-order valence-electron chi connectivity index (χ1n) is 7.62. The smallest absolute Gasteiger partial charge is 0.272 e. The van der Waals surface area contributed by atoms with E-state index in [1.165, 1.54) is 12.1 Å². The van der Waals surface area contributed by atoms with Gasteiger partial charge >= 0.3 is 0 Å². The molecule has 0 bridgehead atoms. The zero-order valence-corrected chi connectivity index (χ0v) is 15.5. The molecular formula is C14H19Cl2N3O4S. The van der Waals surface area contributed by atoms with Crippen molar-refractivity contribution in [3.63, 3.8) is 0 Å². The van der Waals surface area contributed by atoms with Crippen molar-refractivity contribution in [2.45, 2.75) is 32.2 Å². The SMILES string of the molecule is CCCS(=O)(=O)NC1CCN(c2c(Cl)cc([N+](=O)[O-])cc2Cl)CC1. The molecule has 0 unspecified atom stereocenters. The standard InChI is InChI=1S/C14H19Cl2N3O4S/c1-2-7-24(22,23)17-10-3-5-18(6-4-10)14-12(15)8-11(19(20)21)9-13(14)16/h8-10,17H,2-7H2,1H3. The number of nitro groups is 1. The lowest BCUT2D eigenvalue weighted by atomic mass is 10.1. The Morgan fingerprint density at radius 3 is 2.29 bits per heavy atom. The van der Waals surface area contributed by atoms with Gasteiger partial charge in [-0.1, -0.05) is 30.1 Å². The molecule has 2 rings (SSSR count). The molecule has 0 amide bonds. The van der Waals surface area contributed by atoms with Crippen LogP contribution in [0.3, 0.4) is 0 Å². The molecule has 0 aromatic heterocycles. The minimum atomic E-state index is -3.24. The summed E-state index contributed by atoms with van der Waals surface area (Å²) in [6, 6.07) is 2.44. The fraction of sp³-hybridized carbons (Fsp3) is 0.571. The van der Waals surface area contributed by atoms with Gasteiger partial charge in [0.15, 0.2) is 0 Å². The highest BCUT2D eigenvalue weighted by Crippen LogP contribution is 2.38. The van der Waals surface area contributed by atoms with Crippen molar-refractivity contribution in [3.8, 4) is 0 Å². The van der Waals surface area contributed by atoms with Crippen LogP contribution in [0.25, 0.3) is 0 Å². The quantitative estimate of drug-likeness (QED) is 0.589. The Bertz CT molecular complexity index is 696. The van der Waals surface area contributed by atoms with Crippen LogP contribution in [-0.2, 0) is 10.0 Å². The number of benzene rings is 1. The van der Waals surface area contributed by atoms with E-state index in [0.717, 1.165) is 0 Å². The second kappa shape index (κ2) is 7.86. The maximum absolute atomic E-state index is 11.8. The van der Waals surface area contributed by atoms with Crippen LogP contribution in [0.15, 0.2) is 12.1 Å². The Kier molecular flexibility index (Phi) is 6.30. The van der Waals surface area contributed by atoms with Crippen LogP contribution in [-0.4, -0.2) is 38.2 Å². The average Bonchev–Trinajstić information content (AvgIpc) is 2.47. The van der Waals surface area contributed by atoms with E-state index in [2.05, 4.69) is 4.72 Å². The molecule has 7 nitrogen and oxygen atoms in total. The third-order valence-electron chi connectivity index (χ3n) is 3.84. The van der Waals surface area contributed by atoms with Gasteiger partial charge in [0.05, 0.1) is 26.4 Å². The van der Waals surface area contributed by atoms with Crippen molar-refractivity contribution >= 4 is 44.6 Å². The van der Waals surface area contributed by atoms with Crippen LogP contribution in [0.2, 0.25) is 10.0 Å². The molecule has 134 valence electrons. The second-order valence-corrected chi connectivity index (χ2v) is 8.40. The molecule has 1 aliphatic heterocycles. The predicted octanol–water partition coefficient (Wildman–Crippen LogP) is 3.20. The summed E-state index contributed by atoms with van der Waals surface area (Å²) in [5, 5.41) is 11.3. The summed E-state index contributed by atoms with van der Waals surface area (Å²) in [7, 11) is -3.24. The molecule has 1 N–H and O–H groups in total. The fourth-order valence-corrected chi connectivity index (χ4v) is 4.88. The minimum Gasteiger partial charge on any atom is -0.369 e. The monoisotopic (exact) mass is 395 g/mol. The molecule has 1 aromatic carbocycles. The number of nitrogens with zero attached hydrogens (tertiary/aromatic N) is 2. The van der Waals surface area contributed by atoms with Crippen LogP contribution < -0.4 is 9.62 Å². The van der Waals surface area contributed by atoms with Crippen molar-refractivity contribution in [2.24, 2.45) is 0 Å². The third-order valence-corrected chi connectivity index (χ3v) is 6.06. The van der Waals surface area contributed by atoms with Gasteiger partial charge in [-0.25, -0.2) is 13.1 Å². The first-order valence-corrected chi connectivity index (χ1v) is 10.0. The van der Waals surface area contributed by atoms with Crippen molar-refractivity contribution in [1.82, 2.24) is 4.72 Å². The molecule has 24 heavy (non-hydrogen) atoms. The largest absolute Gasteiger partial charge is 0.369 e. The molecule has 1 aromatic rings. The van der Waals surface area contributed by atoms with Crippen molar-refractivity contribution < 1.29 is 13.3 Å². The van der Waals surface area contributed by atoms with Crippen molar-refractivity contribution in [2.75, 3.05) is 23.7 Å². The second-order valence-electron chi connectivity index (χ2n) is 5.71. The number of rotatable bonds is 6. The minimum absolute atomic E-state index is 0.117. The van der Waals surface area contributed by atoms with Crippen molar-refractivity contribution in [1.29, 1.82) is 0 Å². The van der Waals surface area contributed by atoms with Gasteiger partial charge in [0.1, 0.15) is 0 Å². The van der Waals surface area contributed by atoms with Crippen LogP contribution in [0, 0.1) is 10.1 Å². The highest BCUT2D eigenvalue weighted by Gasteiger charge is 2.26.